The summed E-state index contributed by atoms with van der Waals surface area (Å²) in [5.74, 6) is 2.19. The van der Waals surface area contributed by atoms with Gasteiger partial charge in [0.2, 0.25) is 0 Å². The van der Waals surface area contributed by atoms with E-state index in [1.54, 1.807) is 0 Å². The van der Waals surface area contributed by atoms with Gasteiger partial charge in [0.1, 0.15) is 0 Å². The zero-order chi connectivity index (χ0) is 14.9. The number of piperidine rings is 1. The molecule has 1 aliphatic heterocycles. The lowest BCUT2D eigenvalue weighted by atomic mass is 9.53. The summed E-state index contributed by atoms with van der Waals surface area (Å²) in [5.41, 5.74) is 1.83. The number of rotatable bonds is 2. The van der Waals surface area contributed by atoms with Crippen LogP contribution in [0.2, 0.25) is 5.02 Å². The molecule has 1 aliphatic carbocycles. The van der Waals surface area contributed by atoms with Gasteiger partial charge in [-0.05, 0) is 54.7 Å². The highest BCUT2D eigenvalue weighted by Crippen LogP contribution is 2.57. The van der Waals surface area contributed by atoms with Crippen molar-refractivity contribution in [3.63, 3.8) is 0 Å². The average molecular weight is 306 g/mol. The van der Waals surface area contributed by atoms with Crippen LogP contribution in [-0.4, -0.2) is 13.1 Å². The highest BCUT2D eigenvalue weighted by molar-refractivity contribution is 6.31. The molecule has 0 bridgehead atoms. The quantitative estimate of drug-likeness (QED) is 0.787. The Balaban J connectivity index is 2.02. The molecule has 21 heavy (non-hydrogen) atoms. The third-order valence-corrected chi connectivity index (χ3v) is 6.39. The minimum Gasteiger partial charge on any atom is -0.316 e. The number of nitrogens with one attached hydrogen (secondary N) is 1. The van der Waals surface area contributed by atoms with Crippen molar-refractivity contribution in [3.8, 4) is 0 Å². The molecule has 1 heterocycles. The molecule has 2 fully saturated rings. The number of hydrogen-bond acceptors (Lipinski definition) is 1. The molecule has 3 atom stereocenters. The van der Waals surface area contributed by atoms with E-state index < -0.39 is 0 Å². The van der Waals surface area contributed by atoms with Crippen molar-refractivity contribution in [3.05, 3.63) is 34.9 Å². The van der Waals surface area contributed by atoms with Gasteiger partial charge in [0.25, 0.3) is 0 Å². The van der Waals surface area contributed by atoms with Crippen LogP contribution in [-0.2, 0) is 0 Å². The predicted molar refractivity (Wildman–Crippen MR) is 90.9 cm³/mol. The molecule has 1 saturated heterocycles. The fourth-order valence-corrected chi connectivity index (χ4v) is 5.42. The molecule has 2 heteroatoms. The molecule has 1 spiro atoms. The summed E-state index contributed by atoms with van der Waals surface area (Å²) < 4.78 is 0. The van der Waals surface area contributed by atoms with Crippen LogP contribution in [0.4, 0.5) is 0 Å². The Morgan fingerprint density at radius 3 is 2.76 bits per heavy atom. The first-order valence-electron chi connectivity index (χ1n) is 8.60. The molecule has 116 valence electrons. The zero-order valence-corrected chi connectivity index (χ0v) is 14.1. The van der Waals surface area contributed by atoms with Crippen LogP contribution in [0.1, 0.15) is 57.4 Å². The maximum atomic E-state index is 6.56. The molecule has 0 amide bonds. The molecule has 3 rings (SSSR count). The third kappa shape index (κ3) is 2.75. The molecule has 0 radical (unpaired) electrons. The molecule has 1 nitrogen and oxygen atoms in total. The van der Waals surface area contributed by atoms with Gasteiger partial charge in [-0.25, -0.2) is 0 Å². The molecule has 2 aliphatic rings. The first-order chi connectivity index (χ1) is 10.1. The summed E-state index contributed by atoms with van der Waals surface area (Å²) in [6.45, 7) is 7.10. The standard InChI is InChI=1S/C19H28ClN/c1-14(2)16-8-5-6-10-19(16)11-12-21-13-17(19)15-7-3-4-9-18(15)20/h3-4,7,9,14,16-17,21H,5-6,8,10-13H2,1-2H3. The summed E-state index contributed by atoms with van der Waals surface area (Å²) >= 11 is 6.56. The Morgan fingerprint density at radius 1 is 1.19 bits per heavy atom. The molecule has 1 aromatic carbocycles. The van der Waals surface area contributed by atoms with E-state index in [0.717, 1.165) is 23.4 Å². The number of benzene rings is 1. The Hall–Kier alpha value is -0.530. The molecule has 3 unspecified atom stereocenters. The van der Waals surface area contributed by atoms with E-state index in [1.807, 2.05) is 0 Å². The minimum absolute atomic E-state index is 0.461. The molecule has 1 saturated carbocycles. The first-order valence-corrected chi connectivity index (χ1v) is 8.98. The second-order valence-corrected chi connectivity index (χ2v) is 7.76. The van der Waals surface area contributed by atoms with Gasteiger partial charge in [-0.2, -0.15) is 0 Å². The van der Waals surface area contributed by atoms with Crippen molar-refractivity contribution >= 4 is 11.6 Å². The van der Waals surface area contributed by atoms with Crippen molar-refractivity contribution in [2.24, 2.45) is 17.3 Å². The second kappa shape index (κ2) is 6.30. The average Bonchev–Trinajstić information content (AvgIpc) is 2.49. The van der Waals surface area contributed by atoms with Crippen LogP contribution in [0.3, 0.4) is 0 Å². The van der Waals surface area contributed by atoms with Crippen LogP contribution >= 0.6 is 11.6 Å². The normalized spacial score (nSPS) is 33.5. The van der Waals surface area contributed by atoms with Crippen LogP contribution < -0.4 is 5.32 Å². The summed E-state index contributed by atoms with van der Waals surface area (Å²) in [6.07, 6.45) is 6.90. The first kappa shape index (κ1) is 15.4. The fourth-order valence-electron chi connectivity index (χ4n) is 5.15. The highest BCUT2D eigenvalue weighted by atomic mass is 35.5. The summed E-state index contributed by atoms with van der Waals surface area (Å²) in [7, 11) is 0. The van der Waals surface area contributed by atoms with Gasteiger partial charge in [-0.15, -0.1) is 0 Å². The maximum absolute atomic E-state index is 6.56. The summed E-state index contributed by atoms with van der Waals surface area (Å²) in [4.78, 5) is 0. The maximum Gasteiger partial charge on any atom is 0.0441 e. The van der Waals surface area contributed by atoms with E-state index in [-0.39, 0.29) is 0 Å². The topological polar surface area (TPSA) is 12.0 Å². The molecule has 1 aromatic rings. The molecular formula is C19H28ClN. The Labute approximate surface area is 134 Å². The lowest BCUT2D eigenvalue weighted by Gasteiger charge is -2.54. The van der Waals surface area contributed by atoms with E-state index >= 15 is 0 Å². The van der Waals surface area contributed by atoms with Crippen molar-refractivity contribution in [2.45, 2.75) is 51.9 Å². The lowest BCUT2D eigenvalue weighted by Crippen LogP contribution is -2.50. The zero-order valence-electron chi connectivity index (χ0n) is 13.4. The number of halogens is 1. The van der Waals surface area contributed by atoms with Crippen LogP contribution in [0.15, 0.2) is 24.3 Å². The molecular weight excluding hydrogens is 278 g/mol. The van der Waals surface area contributed by atoms with Gasteiger partial charge in [-0.3, -0.25) is 0 Å². The van der Waals surface area contributed by atoms with Crippen molar-refractivity contribution in [1.82, 2.24) is 5.32 Å². The minimum atomic E-state index is 0.461. The van der Waals surface area contributed by atoms with Gasteiger partial charge in [-0.1, -0.05) is 56.5 Å². The SMILES string of the molecule is CC(C)C1CCCCC12CCNCC2c1ccccc1Cl. The highest BCUT2D eigenvalue weighted by Gasteiger charge is 2.49. The van der Waals surface area contributed by atoms with Crippen molar-refractivity contribution in [2.75, 3.05) is 13.1 Å². The largest absolute Gasteiger partial charge is 0.316 e. The van der Waals surface area contributed by atoms with E-state index in [9.17, 15) is 0 Å². The van der Waals surface area contributed by atoms with Gasteiger partial charge in [0, 0.05) is 17.5 Å². The summed E-state index contributed by atoms with van der Waals surface area (Å²) in [5, 5.41) is 4.59. The Kier molecular flexibility index (Phi) is 4.61. The fraction of sp³-hybridized carbons (Fsp3) is 0.684. The van der Waals surface area contributed by atoms with Gasteiger partial charge in [0.15, 0.2) is 0 Å². The van der Waals surface area contributed by atoms with Gasteiger partial charge < -0.3 is 5.32 Å². The molecule has 0 aromatic heterocycles. The Morgan fingerprint density at radius 2 is 2.00 bits per heavy atom. The summed E-state index contributed by atoms with van der Waals surface area (Å²) in [6, 6.07) is 8.52. The Bertz CT molecular complexity index is 478. The van der Waals surface area contributed by atoms with Crippen LogP contribution in [0.5, 0.6) is 0 Å². The van der Waals surface area contributed by atoms with Crippen LogP contribution in [0.25, 0.3) is 0 Å². The number of hydrogen-bond donors (Lipinski definition) is 1. The molecule has 1 N–H and O–H groups in total. The van der Waals surface area contributed by atoms with Crippen molar-refractivity contribution in [1.29, 1.82) is 0 Å². The van der Waals surface area contributed by atoms with Gasteiger partial charge >= 0.3 is 0 Å². The predicted octanol–water partition coefficient (Wildman–Crippen LogP) is 5.25. The monoisotopic (exact) mass is 305 g/mol. The van der Waals surface area contributed by atoms with E-state index in [2.05, 4.69) is 43.4 Å². The smallest absolute Gasteiger partial charge is 0.0441 e. The second-order valence-electron chi connectivity index (χ2n) is 7.36. The van der Waals surface area contributed by atoms with E-state index in [4.69, 9.17) is 11.6 Å². The lowest BCUT2D eigenvalue weighted by molar-refractivity contribution is 0.00529. The van der Waals surface area contributed by atoms with Crippen molar-refractivity contribution < 1.29 is 0 Å². The van der Waals surface area contributed by atoms with Crippen LogP contribution in [0, 0.1) is 17.3 Å². The van der Waals surface area contributed by atoms with Gasteiger partial charge in [0.05, 0.1) is 0 Å². The van der Waals surface area contributed by atoms with E-state index in [0.29, 0.717) is 11.3 Å². The van der Waals surface area contributed by atoms with E-state index in [1.165, 1.54) is 44.2 Å². The third-order valence-electron chi connectivity index (χ3n) is 6.04.